The summed E-state index contributed by atoms with van der Waals surface area (Å²) in [4.78, 5) is 33.8. The molecule has 0 aliphatic rings. The van der Waals surface area contributed by atoms with Gasteiger partial charge >= 0.3 is 11.4 Å². The van der Waals surface area contributed by atoms with Crippen LogP contribution >= 0.6 is 0 Å². The first-order valence-electron chi connectivity index (χ1n) is 5.25. The molecule has 2 rings (SSSR count). The van der Waals surface area contributed by atoms with Gasteiger partial charge in [0.15, 0.2) is 0 Å². The van der Waals surface area contributed by atoms with Gasteiger partial charge in [0, 0.05) is 19.7 Å². The summed E-state index contributed by atoms with van der Waals surface area (Å²) in [5.74, 6) is -0.173. The average Bonchev–Trinajstić information content (AvgIpc) is 2.57. The summed E-state index contributed by atoms with van der Waals surface area (Å²) in [6, 6.07) is 6.55. The molecule has 7 heteroatoms. The lowest BCUT2D eigenvalue weighted by Crippen LogP contribution is -2.25. The molecule has 18 heavy (non-hydrogen) atoms. The topological polar surface area (TPSA) is 88.9 Å². The van der Waals surface area contributed by atoms with E-state index >= 15 is 0 Å². The Labute approximate surface area is 102 Å². The second-order valence-electron chi connectivity index (χ2n) is 3.82. The van der Waals surface area contributed by atoms with Crippen molar-refractivity contribution in [2.45, 2.75) is 6.92 Å². The Balaban J connectivity index is 2.40. The highest BCUT2D eigenvalue weighted by Crippen LogP contribution is 2.10. The molecule has 2 N–H and O–H groups in total. The second kappa shape index (κ2) is 4.36. The van der Waals surface area contributed by atoms with E-state index < -0.39 is 11.4 Å². The predicted octanol–water partition coefficient (Wildman–Crippen LogP) is -0.177. The third-order valence-corrected chi connectivity index (χ3v) is 2.44. The molecule has 0 aliphatic heterocycles. The van der Waals surface area contributed by atoms with E-state index in [4.69, 9.17) is 0 Å². The van der Waals surface area contributed by atoms with Gasteiger partial charge in [-0.15, -0.1) is 0 Å². The van der Waals surface area contributed by atoms with Crippen molar-refractivity contribution < 1.29 is 4.79 Å². The molecule has 0 aliphatic carbocycles. The molecule has 0 fully saturated rings. The van der Waals surface area contributed by atoms with Gasteiger partial charge in [-0.05, 0) is 24.3 Å². The number of anilines is 1. The molecule has 94 valence electrons. The Hall–Kier alpha value is -2.57. The summed E-state index contributed by atoms with van der Waals surface area (Å²) >= 11 is 0. The molecule has 0 radical (unpaired) electrons. The van der Waals surface area contributed by atoms with Crippen molar-refractivity contribution >= 4 is 11.6 Å². The average molecular weight is 248 g/mol. The number of carbonyl (C=O) groups excluding carboxylic acids is 1. The van der Waals surface area contributed by atoms with Crippen molar-refractivity contribution in [1.29, 1.82) is 0 Å². The maximum atomic E-state index is 11.7. The number of nitrogens with zero attached hydrogens (tertiary/aromatic N) is 2. The molecule has 0 saturated heterocycles. The monoisotopic (exact) mass is 248 g/mol. The zero-order valence-electron chi connectivity index (χ0n) is 9.93. The number of carbonyl (C=O) groups is 1. The quantitative estimate of drug-likeness (QED) is 0.772. The van der Waals surface area contributed by atoms with Gasteiger partial charge in [-0.1, -0.05) is 0 Å². The highest BCUT2D eigenvalue weighted by Gasteiger charge is 2.06. The van der Waals surface area contributed by atoms with Crippen LogP contribution in [0.3, 0.4) is 0 Å². The lowest BCUT2D eigenvalue weighted by molar-refractivity contribution is -0.114. The largest absolute Gasteiger partial charge is 0.351 e. The van der Waals surface area contributed by atoms with Gasteiger partial charge in [0.05, 0.1) is 5.69 Å². The first-order chi connectivity index (χ1) is 8.49. The Bertz CT molecular complexity index is 690. The van der Waals surface area contributed by atoms with Gasteiger partial charge in [0.2, 0.25) is 5.91 Å². The van der Waals surface area contributed by atoms with Crippen LogP contribution in [0.15, 0.2) is 33.9 Å². The first kappa shape index (κ1) is 11.9. The summed E-state index contributed by atoms with van der Waals surface area (Å²) in [7, 11) is 1.39. The van der Waals surface area contributed by atoms with Crippen LogP contribution in [0.4, 0.5) is 5.69 Å². The predicted molar refractivity (Wildman–Crippen MR) is 65.9 cm³/mol. The molecule has 1 heterocycles. The molecule has 0 saturated carbocycles. The molecular weight excluding hydrogens is 236 g/mol. The minimum absolute atomic E-state index is 0.173. The first-order valence-corrected chi connectivity index (χ1v) is 5.25. The Morgan fingerprint density at radius 3 is 2.28 bits per heavy atom. The third kappa shape index (κ3) is 2.10. The van der Waals surface area contributed by atoms with E-state index in [2.05, 4.69) is 10.4 Å². The molecule has 1 amide bonds. The fourth-order valence-electron chi connectivity index (χ4n) is 1.53. The van der Waals surface area contributed by atoms with Gasteiger partial charge in [0.1, 0.15) is 0 Å². The molecular formula is C11H12N4O3. The highest BCUT2D eigenvalue weighted by molar-refractivity contribution is 5.88. The third-order valence-electron chi connectivity index (χ3n) is 2.44. The standard InChI is InChI=1S/C11H12N4O3/c1-7(16)12-8-3-5-9(6-4-8)15-11(18)14(2)10(17)13-15/h3-6H,1-2H3,(H,12,16)(H,13,17). The van der Waals surface area contributed by atoms with E-state index in [1.165, 1.54) is 14.0 Å². The SMILES string of the molecule is CC(=O)Nc1ccc(-n2[nH]c(=O)n(C)c2=O)cc1. The van der Waals surface area contributed by atoms with Crippen LogP contribution < -0.4 is 16.7 Å². The number of aromatic amines is 1. The number of benzene rings is 1. The van der Waals surface area contributed by atoms with Crippen LogP contribution in [0, 0.1) is 0 Å². The summed E-state index contributed by atoms with van der Waals surface area (Å²) in [5, 5.41) is 5.02. The Morgan fingerprint density at radius 1 is 1.22 bits per heavy atom. The molecule has 0 unspecified atom stereocenters. The molecule has 1 aromatic heterocycles. The minimum atomic E-state index is -0.481. The van der Waals surface area contributed by atoms with Crippen LogP contribution in [0.1, 0.15) is 6.92 Å². The van der Waals surface area contributed by atoms with Crippen molar-refractivity contribution in [3.8, 4) is 5.69 Å². The van der Waals surface area contributed by atoms with Crippen LogP contribution in [0.5, 0.6) is 0 Å². The Morgan fingerprint density at radius 2 is 1.83 bits per heavy atom. The maximum Gasteiger partial charge on any atom is 0.351 e. The molecule has 0 spiro atoms. The second-order valence-corrected chi connectivity index (χ2v) is 3.82. The van der Waals surface area contributed by atoms with E-state index in [0.717, 1.165) is 9.25 Å². The van der Waals surface area contributed by atoms with Gasteiger partial charge < -0.3 is 5.32 Å². The summed E-state index contributed by atoms with van der Waals surface area (Å²) < 4.78 is 2.11. The lowest BCUT2D eigenvalue weighted by Gasteiger charge is -2.04. The number of aromatic nitrogens is 3. The van der Waals surface area contributed by atoms with Gasteiger partial charge in [0.25, 0.3) is 0 Å². The van der Waals surface area contributed by atoms with Crippen LogP contribution in [0.25, 0.3) is 5.69 Å². The van der Waals surface area contributed by atoms with E-state index in [0.29, 0.717) is 11.4 Å². The van der Waals surface area contributed by atoms with E-state index in [-0.39, 0.29) is 5.91 Å². The Kier molecular flexibility index (Phi) is 2.88. The van der Waals surface area contributed by atoms with E-state index in [1.807, 2.05) is 0 Å². The number of hydrogen-bond donors (Lipinski definition) is 2. The van der Waals surface area contributed by atoms with Crippen LogP contribution in [-0.4, -0.2) is 20.3 Å². The number of nitrogens with one attached hydrogen (secondary N) is 2. The minimum Gasteiger partial charge on any atom is -0.326 e. The molecule has 2 aromatic rings. The molecule has 7 nitrogen and oxygen atoms in total. The van der Waals surface area contributed by atoms with Crippen molar-refractivity contribution in [3.63, 3.8) is 0 Å². The van der Waals surface area contributed by atoms with Crippen LogP contribution in [-0.2, 0) is 11.8 Å². The maximum absolute atomic E-state index is 11.7. The smallest absolute Gasteiger partial charge is 0.326 e. The summed E-state index contributed by atoms with van der Waals surface area (Å²) in [6.07, 6.45) is 0. The van der Waals surface area contributed by atoms with E-state index in [1.54, 1.807) is 24.3 Å². The normalized spacial score (nSPS) is 10.3. The molecule has 0 atom stereocenters. The van der Waals surface area contributed by atoms with Gasteiger partial charge in [-0.2, -0.15) is 0 Å². The zero-order valence-corrected chi connectivity index (χ0v) is 9.93. The summed E-state index contributed by atoms with van der Waals surface area (Å²) in [5.41, 5.74) is 0.211. The number of amides is 1. The lowest BCUT2D eigenvalue weighted by atomic mass is 10.3. The van der Waals surface area contributed by atoms with Crippen molar-refractivity contribution in [2.75, 3.05) is 5.32 Å². The molecule has 1 aromatic carbocycles. The number of H-pyrrole nitrogens is 1. The van der Waals surface area contributed by atoms with Crippen molar-refractivity contribution in [2.24, 2.45) is 7.05 Å². The molecule has 0 bridgehead atoms. The summed E-state index contributed by atoms with van der Waals surface area (Å²) in [6.45, 7) is 1.41. The van der Waals surface area contributed by atoms with Gasteiger partial charge in [-0.25, -0.2) is 23.9 Å². The van der Waals surface area contributed by atoms with Crippen LogP contribution in [0.2, 0.25) is 0 Å². The van der Waals surface area contributed by atoms with Crippen molar-refractivity contribution in [1.82, 2.24) is 14.3 Å². The zero-order chi connectivity index (χ0) is 13.3. The highest BCUT2D eigenvalue weighted by atomic mass is 16.2. The van der Waals surface area contributed by atoms with E-state index in [9.17, 15) is 14.4 Å². The van der Waals surface area contributed by atoms with Crippen molar-refractivity contribution in [3.05, 3.63) is 45.2 Å². The fourth-order valence-corrected chi connectivity index (χ4v) is 1.53. The number of rotatable bonds is 2. The van der Waals surface area contributed by atoms with Gasteiger partial charge in [-0.3, -0.25) is 4.79 Å². The number of hydrogen-bond acceptors (Lipinski definition) is 3. The fraction of sp³-hybridized carbons (Fsp3) is 0.182.